The van der Waals surface area contributed by atoms with Crippen molar-refractivity contribution >= 4 is 5.78 Å². The van der Waals surface area contributed by atoms with Crippen LogP contribution in [0.25, 0.3) is 0 Å². The zero-order chi connectivity index (χ0) is 10.6. The summed E-state index contributed by atoms with van der Waals surface area (Å²) in [5.41, 5.74) is 0.706. The molecule has 0 amide bonds. The number of ketones is 1. The number of Topliss-reactive ketones (excluding diaryl/α,β-unsaturated/α-hetero) is 1. The zero-order valence-corrected chi connectivity index (χ0v) is 8.61. The molecule has 14 heavy (non-hydrogen) atoms. The van der Waals surface area contributed by atoms with Crippen molar-refractivity contribution in [3.8, 4) is 0 Å². The molecule has 0 radical (unpaired) electrons. The highest BCUT2D eigenvalue weighted by molar-refractivity contribution is 5.84. The van der Waals surface area contributed by atoms with E-state index in [2.05, 4.69) is 0 Å². The van der Waals surface area contributed by atoms with E-state index in [9.17, 15) is 4.79 Å². The highest BCUT2D eigenvalue weighted by Crippen LogP contribution is 2.26. The minimum Gasteiger partial charge on any atom is -0.343 e. The minimum absolute atomic E-state index is 0.172. The maximum Gasteiger partial charge on any atom is 0.255 e. The Balaban J connectivity index is 3.18. The molecular weight excluding hydrogens is 180 g/mol. The van der Waals surface area contributed by atoms with E-state index in [1.165, 1.54) is 21.1 Å². The van der Waals surface area contributed by atoms with Gasteiger partial charge in [-0.05, 0) is 0 Å². The summed E-state index contributed by atoms with van der Waals surface area (Å²) in [6.07, 6.45) is 0. The van der Waals surface area contributed by atoms with Crippen molar-refractivity contribution in [3.05, 3.63) is 35.9 Å². The van der Waals surface area contributed by atoms with Gasteiger partial charge in [-0.3, -0.25) is 4.79 Å². The number of carbonyl (C=O) groups excluding carboxylic acids is 1. The van der Waals surface area contributed by atoms with Crippen LogP contribution in [0.5, 0.6) is 0 Å². The molecule has 1 aromatic carbocycles. The topological polar surface area (TPSA) is 35.5 Å². The summed E-state index contributed by atoms with van der Waals surface area (Å²) in [5.74, 6) is -1.44. The van der Waals surface area contributed by atoms with Gasteiger partial charge in [0.25, 0.3) is 5.79 Å². The largest absolute Gasteiger partial charge is 0.343 e. The van der Waals surface area contributed by atoms with Crippen LogP contribution in [0.2, 0.25) is 0 Å². The summed E-state index contributed by atoms with van der Waals surface area (Å²) < 4.78 is 10.3. The molecule has 0 saturated heterocycles. The van der Waals surface area contributed by atoms with Crippen LogP contribution >= 0.6 is 0 Å². The summed E-state index contributed by atoms with van der Waals surface area (Å²) in [4.78, 5) is 11.5. The Labute approximate surface area is 83.6 Å². The molecule has 0 saturated carbocycles. The Bertz CT molecular complexity index is 302. The van der Waals surface area contributed by atoms with Crippen LogP contribution in [0.3, 0.4) is 0 Å². The molecule has 3 heteroatoms. The molecule has 0 heterocycles. The number of hydrogen-bond acceptors (Lipinski definition) is 3. The Hall–Kier alpha value is -1.19. The van der Waals surface area contributed by atoms with Gasteiger partial charge in [0.15, 0.2) is 5.78 Å². The lowest BCUT2D eigenvalue weighted by atomic mass is 10.0. The fraction of sp³-hybridized carbons (Fsp3) is 0.364. The smallest absolute Gasteiger partial charge is 0.255 e. The maximum atomic E-state index is 11.5. The molecule has 0 bridgehead atoms. The lowest BCUT2D eigenvalue weighted by molar-refractivity contribution is -0.211. The Kier molecular flexibility index (Phi) is 3.38. The van der Waals surface area contributed by atoms with E-state index in [-0.39, 0.29) is 5.78 Å². The second kappa shape index (κ2) is 4.35. The van der Waals surface area contributed by atoms with Gasteiger partial charge in [-0.15, -0.1) is 0 Å². The number of benzene rings is 1. The van der Waals surface area contributed by atoms with Gasteiger partial charge in [0.1, 0.15) is 0 Å². The van der Waals surface area contributed by atoms with Gasteiger partial charge < -0.3 is 9.47 Å². The third-order valence-electron chi connectivity index (χ3n) is 2.19. The molecule has 0 aliphatic rings. The first kappa shape index (κ1) is 10.9. The highest BCUT2D eigenvalue weighted by Gasteiger charge is 2.37. The normalized spacial score (nSPS) is 11.4. The molecule has 0 aromatic heterocycles. The first-order chi connectivity index (χ1) is 6.67. The third kappa shape index (κ3) is 1.69. The predicted octanol–water partition coefficient (Wildman–Crippen LogP) is 1.72. The minimum atomic E-state index is -1.26. The van der Waals surface area contributed by atoms with Crippen LogP contribution in [-0.4, -0.2) is 20.0 Å². The fourth-order valence-corrected chi connectivity index (χ4v) is 1.47. The van der Waals surface area contributed by atoms with Crippen molar-refractivity contribution in [1.82, 2.24) is 0 Å². The number of methoxy groups -OCH3 is 2. The fourth-order valence-electron chi connectivity index (χ4n) is 1.47. The van der Waals surface area contributed by atoms with Crippen molar-refractivity contribution in [3.63, 3.8) is 0 Å². The van der Waals surface area contributed by atoms with E-state index in [1.54, 1.807) is 12.1 Å². The van der Waals surface area contributed by atoms with Crippen molar-refractivity contribution in [2.75, 3.05) is 14.2 Å². The van der Waals surface area contributed by atoms with Crippen LogP contribution in [0.1, 0.15) is 12.5 Å². The van der Waals surface area contributed by atoms with Gasteiger partial charge in [0.05, 0.1) is 0 Å². The van der Waals surface area contributed by atoms with Gasteiger partial charge in [-0.1, -0.05) is 30.3 Å². The molecule has 0 N–H and O–H groups in total. The van der Waals surface area contributed by atoms with E-state index in [0.29, 0.717) is 5.56 Å². The number of ether oxygens (including phenoxy) is 2. The standard InChI is InChI=1S/C11H14O3/c1-9(12)11(13-2,14-3)10-7-5-4-6-8-10/h4-8H,1-3H3. The summed E-state index contributed by atoms with van der Waals surface area (Å²) >= 11 is 0. The van der Waals surface area contributed by atoms with E-state index in [4.69, 9.17) is 9.47 Å². The molecule has 0 unspecified atom stereocenters. The second-order valence-corrected chi connectivity index (χ2v) is 2.95. The highest BCUT2D eigenvalue weighted by atomic mass is 16.7. The van der Waals surface area contributed by atoms with Crippen molar-refractivity contribution < 1.29 is 14.3 Å². The van der Waals surface area contributed by atoms with Crippen LogP contribution in [0, 0.1) is 0 Å². The molecule has 0 atom stereocenters. The Morgan fingerprint density at radius 2 is 1.64 bits per heavy atom. The van der Waals surface area contributed by atoms with Gasteiger partial charge >= 0.3 is 0 Å². The van der Waals surface area contributed by atoms with Crippen LogP contribution in [0.15, 0.2) is 30.3 Å². The first-order valence-electron chi connectivity index (χ1n) is 4.34. The Morgan fingerprint density at radius 3 is 2.00 bits per heavy atom. The van der Waals surface area contributed by atoms with Crippen LogP contribution in [0.4, 0.5) is 0 Å². The average molecular weight is 194 g/mol. The summed E-state index contributed by atoms with van der Waals surface area (Å²) in [5, 5.41) is 0. The maximum absolute atomic E-state index is 11.5. The lowest BCUT2D eigenvalue weighted by Crippen LogP contribution is -2.38. The second-order valence-electron chi connectivity index (χ2n) is 2.95. The number of carbonyl (C=O) groups is 1. The van der Waals surface area contributed by atoms with E-state index in [1.807, 2.05) is 18.2 Å². The van der Waals surface area contributed by atoms with Crippen LogP contribution < -0.4 is 0 Å². The van der Waals surface area contributed by atoms with Gasteiger partial charge in [0.2, 0.25) is 0 Å². The molecule has 76 valence electrons. The SMILES string of the molecule is COC(OC)(C(C)=O)c1ccccc1. The summed E-state index contributed by atoms with van der Waals surface area (Å²) in [6.45, 7) is 1.44. The van der Waals surface area contributed by atoms with Gasteiger partial charge in [-0.2, -0.15) is 0 Å². The van der Waals surface area contributed by atoms with Crippen molar-refractivity contribution in [1.29, 1.82) is 0 Å². The molecular formula is C11H14O3. The molecule has 3 nitrogen and oxygen atoms in total. The number of hydrogen-bond donors (Lipinski definition) is 0. The molecule has 0 aliphatic heterocycles. The van der Waals surface area contributed by atoms with E-state index < -0.39 is 5.79 Å². The average Bonchev–Trinajstić information content (AvgIpc) is 2.22. The summed E-state index contributed by atoms with van der Waals surface area (Å²) in [6, 6.07) is 9.15. The number of rotatable bonds is 4. The molecule has 0 spiro atoms. The molecule has 1 aromatic rings. The van der Waals surface area contributed by atoms with Crippen LogP contribution in [-0.2, 0) is 20.1 Å². The summed E-state index contributed by atoms with van der Waals surface area (Å²) in [7, 11) is 2.91. The molecule has 0 aliphatic carbocycles. The molecule has 1 rings (SSSR count). The van der Waals surface area contributed by atoms with E-state index >= 15 is 0 Å². The molecule has 0 fully saturated rings. The Morgan fingerprint density at radius 1 is 1.14 bits per heavy atom. The predicted molar refractivity (Wildman–Crippen MR) is 52.8 cm³/mol. The third-order valence-corrected chi connectivity index (χ3v) is 2.19. The zero-order valence-electron chi connectivity index (χ0n) is 8.61. The van der Waals surface area contributed by atoms with Gasteiger partial charge in [0, 0.05) is 26.7 Å². The monoisotopic (exact) mass is 194 g/mol. The quantitative estimate of drug-likeness (QED) is 0.684. The first-order valence-corrected chi connectivity index (χ1v) is 4.34. The lowest BCUT2D eigenvalue weighted by Gasteiger charge is -2.28. The van der Waals surface area contributed by atoms with Crippen molar-refractivity contribution in [2.24, 2.45) is 0 Å². The van der Waals surface area contributed by atoms with Gasteiger partial charge in [-0.25, -0.2) is 0 Å². The van der Waals surface area contributed by atoms with E-state index in [0.717, 1.165) is 0 Å². The van der Waals surface area contributed by atoms with Crippen molar-refractivity contribution in [2.45, 2.75) is 12.7 Å².